The molecule has 8 heteroatoms. The average molecular weight is 382 g/mol. The van der Waals surface area contributed by atoms with E-state index < -0.39 is 11.7 Å². The summed E-state index contributed by atoms with van der Waals surface area (Å²) >= 11 is 0. The van der Waals surface area contributed by atoms with Crippen LogP contribution in [0.15, 0.2) is 42.7 Å². The number of methoxy groups -OCH3 is 1. The Morgan fingerprint density at radius 1 is 1.18 bits per heavy atom. The van der Waals surface area contributed by atoms with E-state index in [9.17, 15) is 9.18 Å². The Balaban J connectivity index is 1.58. The fourth-order valence-corrected chi connectivity index (χ4v) is 3.16. The van der Waals surface area contributed by atoms with Gasteiger partial charge in [0, 0.05) is 29.7 Å². The molecule has 0 spiro atoms. The van der Waals surface area contributed by atoms with Gasteiger partial charge in [0.2, 0.25) is 0 Å². The number of carbonyl (C=O) groups is 1. The second kappa shape index (κ2) is 7.77. The molecule has 0 radical (unpaired) electrons. The molecular formula is C20H19FN4O3. The van der Waals surface area contributed by atoms with Gasteiger partial charge in [-0.05, 0) is 36.4 Å². The lowest BCUT2D eigenvalue weighted by atomic mass is 10.1. The highest BCUT2D eigenvalue weighted by atomic mass is 19.1. The summed E-state index contributed by atoms with van der Waals surface area (Å²) in [5.74, 6) is -0.0575. The first-order chi connectivity index (χ1) is 13.7. The third kappa shape index (κ3) is 3.59. The predicted molar refractivity (Wildman–Crippen MR) is 103 cm³/mol. The zero-order valence-corrected chi connectivity index (χ0v) is 15.3. The van der Waals surface area contributed by atoms with E-state index in [0.29, 0.717) is 18.9 Å². The van der Waals surface area contributed by atoms with Crippen LogP contribution in [0.4, 0.5) is 15.9 Å². The molecule has 2 heterocycles. The van der Waals surface area contributed by atoms with Gasteiger partial charge in [-0.2, -0.15) is 0 Å². The van der Waals surface area contributed by atoms with Crippen LogP contribution in [-0.4, -0.2) is 49.3 Å². The van der Waals surface area contributed by atoms with Gasteiger partial charge < -0.3 is 19.7 Å². The second-order valence-electron chi connectivity index (χ2n) is 6.33. The van der Waals surface area contributed by atoms with Crippen molar-refractivity contribution in [1.29, 1.82) is 0 Å². The van der Waals surface area contributed by atoms with Crippen LogP contribution in [0.3, 0.4) is 0 Å². The maximum Gasteiger partial charge on any atom is 0.255 e. The minimum atomic E-state index is -0.587. The molecule has 0 aliphatic carbocycles. The molecule has 1 fully saturated rings. The lowest BCUT2D eigenvalue weighted by Crippen LogP contribution is -2.36. The van der Waals surface area contributed by atoms with Gasteiger partial charge in [-0.1, -0.05) is 0 Å². The number of ether oxygens (including phenoxy) is 2. The number of anilines is 2. The molecule has 28 heavy (non-hydrogen) atoms. The van der Waals surface area contributed by atoms with Crippen molar-refractivity contribution < 1.29 is 18.7 Å². The summed E-state index contributed by atoms with van der Waals surface area (Å²) in [6.45, 7) is 2.87. The number of carbonyl (C=O) groups excluding carboxylic acids is 1. The smallest absolute Gasteiger partial charge is 0.255 e. The van der Waals surface area contributed by atoms with Gasteiger partial charge in [-0.3, -0.25) is 4.79 Å². The average Bonchev–Trinajstić information content (AvgIpc) is 2.73. The number of benzene rings is 2. The molecule has 1 aliphatic heterocycles. The molecule has 1 saturated heterocycles. The Labute approximate surface area is 161 Å². The number of nitrogens with one attached hydrogen (secondary N) is 1. The molecule has 0 atom stereocenters. The molecule has 1 aromatic heterocycles. The van der Waals surface area contributed by atoms with Gasteiger partial charge in [0.15, 0.2) is 11.6 Å². The molecule has 144 valence electrons. The predicted octanol–water partition coefficient (Wildman–Crippen LogP) is 2.87. The van der Waals surface area contributed by atoms with Crippen LogP contribution >= 0.6 is 0 Å². The number of rotatable bonds is 4. The summed E-state index contributed by atoms with van der Waals surface area (Å²) < 4.78 is 24.1. The quantitative estimate of drug-likeness (QED) is 0.748. The van der Waals surface area contributed by atoms with Gasteiger partial charge in [0.1, 0.15) is 12.1 Å². The lowest BCUT2D eigenvalue weighted by molar-refractivity contribution is 0.102. The standard InChI is InChI=1S/C20H19FN4O3/c1-27-18-5-2-13(10-16(18)21)20(26)24-14-3-4-15-17(11-14)22-12-23-19(15)25-6-8-28-9-7-25/h2-5,10-12H,6-9H2,1H3,(H,24,26). The maximum absolute atomic E-state index is 13.8. The third-order valence-electron chi connectivity index (χ3n) is 4.60. The zero-order chi connectivity index (χ0) is 19.5. The summed E-state index contributed by atoms with van der Waals surface area (Å²) in [4.78, 5) is 23.3. The SMILES string of the molecule is COc1ccc(C(=O)Nc2ccc3c(N4CCOCC4)ncnc3c2)cc1F. The molecule has 7 nitrogen and oxygen atoms in total. The van der Waals surface area contributed by atoms with E-state index in [1.54, 1.807) is 12.1 Å². The van der Waals surface area contributed by atoms with E-state index in [1.165, 1.54) is 25.6 Å². The number of nitrogens with zero attached hydrogens (tertiary/aromatic N) is 3. The first-order valence-corrected chi connectivity index (χ1v) is 8.88. The van der Waals surface area contributed by atoms with Gasteiger partial charge in [-0.25, -0.2) is 14.4 Å². The van der Waals surface area contributed by atoms with Crippen LogP contribution in [0, 0.1) is 5.82 Å². The Morgan fingerprint density at radius 2 is 2.00 bits per heavy atom. The minimum Gasteiger partial charge on any atom is -0.494 e. The zero-order valence-electron chi connectivity index (χ0n) is 15.3. The highest BCUT2D eigenvalue weighted by Gasteiger charge is 2.16. The van der Waals surface area contributed by atoms with Crippen LogP contribution in [0.1, 0.15) is 10.4 Å². The monoisotopic (exact) mass is 382 g/mol. The number of amides is 1. The van der Waals surface area contributed by atoms with E-state index in [1.807, 2.05) is 6.07 Å². The largest absolute Gasteiger partial charge is 0.494 e. The van der Waals surface area contributed by atoms with Crippen molar-refractivity contribution in [3.8, 4) is 5.75 Å². The number of aromatic nitrogens is 2. The Kier molecular flexibility index (Phi) is 5.03. The van der Waals surface area contributed by atoms with Crippen molar-refractivity contribution in [2.45, 2.75) is 0 Å². The van der Waals surface area contributed by atoms with E-state index in [-0.39, 0.29) is 11.3 Å². The fourth-order valence-electron chi connectivity index (χ4n) is 3.16. The summed E-state index contributed by atoms with van der Waals surface area (Å²) in [5.41, 5.74) is 1.49. The van der Waals surface area contributed by atoms with Crippen molar-refractivity contribution in [1.82, 2.24) is 9.97 Å². The number of hydrogen-bond donors (Lipinski definition) is 1. The van der Waals surface area contributed by atoms with Gasteiger partial charge in [0.25, 0.3) is 5.91 Å². The van der Waals surface area contributed by atoms with Crippen LogP contribution in [0.25, 0.3) is 10.9 Å². The number of hydrogen-bond acceptors (Lipinski definition) is 6. The maximum atomic E-state index is 13.8. The fraction of sp³-hybridized carbons (Fsp3) is 0.250. The van der Waals surface area contributed by atoms with Crippen molar-refractivity contribution in [3.63, 3.8) is 0 Å². The molecule has 4 rings (SSSR count). The third-order valence-corrected chi connectivity index (χ3v) is 4.60. The Bertz CT molecular complexity index is 1020. The van der Waals surface area contributed by atoms with E-state index in [0.717, 1.165) is 35.9 Å². The van der Waals surface area contributed by atoms with Crippen molar-refractivity contribution in [2.24, 2.45) is 0 Å². The highest BCUT2D eigenvalue weighted by molar-refractivity contribution is 6.05. The number of halogens is 1. The summed E-state index contributed by atoms with van der Waals surface area (Å²) in [6, 6.07) is 9.52. The van der Waals surface area contributed by atoms with Crippen LogP contribution in [0.5, 0.6) is 5.75 Å². The van der Waals surface area contributed by atoms with Gasteiger partial charge in [-0.15, -0.1) is 0 Å². The second-order valence-corrected chi connectivity index (χ2v) is 6.33. The van der Waals surface area contributed by atoms with Gasteiger partial charge in [0.05, 0.1) is 25.8 Å². The molecular weight excluding hydrogens is 363 g/mol. The normalized spacial score (nSPS) is 14.1. The number of morpholine rings is 1. The van der Waals surface area contributed by atoms with Crippen molar-refractivity contribution >= 4 is 28.3 Å². The Hall–Kier alpha value is -3.26. The van der Waals surface area contributed by atoms with Crippen LogP contribution in [-0.2, 0) is 4.74 Å². The minimum absolute atomic E-state index is 0.0922. The summed E-state index contributed by atoms with van der Waals surface area (Å²) in [5, 5.41) is 3.67. The van der Waals surface area contributed by atoms with Crippen LogP contribution < -0.4 is 15.0 Å². The van der Waals surface area contributed by atoms with E-state index >= 15 is 0 Å². The Morgan fingerprint density at radius 3 is 2.75 bits per heavy atom. The topological polar surface area (TPSA) is 76.6 Å². The lowest BCUT2D eigenvalue weighted by Gasteiger charge is -2.28. The van der Waals surface area contributed by atoms with Crippen molar-refractivity contribution in [3.05, 3.63) is 54.1 Å². The summed E-state index contributed by atoms with van der Waals surface area (Å²) in [7, 11) is 1.38. The van der Waals surface area contributed by atoms with E-state index in [2.05, 4.69) is 20.2 Å². The molecule has 1 N–H and O–H groups in total. The van der Waals surface area contributed by atoms with Crippen molar-refractivity contribution in [2.75, 3.05) is 43.6 Å². The molecule has 0 unspecified atom stereocenters. The van der Waals surface area contributed by atoms with Crippen LogP contribution in [0.2, 0.25) is 0 Å². The molecule has 2 aromatic carbocycles. The first-order valence-electron chi connectivity index (χ1n) is 8.88. The molecule has 1 aliphatic rings. The first kappa shape index (κ1) is 18.1. The summed E-state index contributed by atoms with van der Waals surface area (Å²) in [6.07, 6.45) is 1.51. The molecule has 3 aromatic rings. The number of fused-ring (bicyclic) bond motifs is 1. The van der Waals surface area contributed by atoms with E-state index in [4.69, 9.17) is 9.47 Å². The van der Waals surface area contributed by atoms with Gasteiger partial charge >= 0.3 is 0 Å². The highest BCUT2D eigenvalue weighted by Crippen LogP contribution is 2.26. The molecule has 0 bridgehead atoms. The molecule has 0 saturated carbocycles. The molecule has 1 amide bonds.